The fraction of sp³-hybridized carbons (Fsp3) is 0.143. The molecule has 0 bridgehead atoms. The Kier molecular flexibility index (Phi) is 4.30. The molecule has 0 aliphatic carbocycles. The molecule has 0 heterocycles. The molecule has 2 rings (SSSR count). The van der Waals surface area contributed by atoms with E-state index in [0.29, 0.717) is 6.54 Å². The second-order valence-electron chi connectivity index (χ2n) is 4.40. The quantitative estimate of drug-likeness (QED) is 0.939. The van der Waals surface area contributed by atoms with Crippen LogP contribution in [0.25, 0.3) is 0 Å². The lowest BCUT2D eigenvalue weighted by Gasteiger charge is -2.08. The highest BCUT2D eigenvalue weighted by Gasteiger charge is 2.06. The largest absolute Gasteiger partial charge is 0.381 e. The smallest absolute Gasteiger partial charge is 0.175 e. The molecule has 2 aromatic rings. The van der Waals surface area contributed by atoms with Crippen molar-refractivity contribution >= 4 is 27.1 Å². The van der Waals surface area contributed by atoms with Crippen molar-refractivity contribution in [1.29, 1.82) is 0 Å². The number of hydrogen-bond acceptors (Lipinski definition) is 3. The molecule has 0 spiro atoms. The third-order valence-electron chi connectivity index (χ3n) is 2.76. The first-order valence-electron chi connectivity index (χ1n) is 5.84. The molecule has 3 nitrogen and oxygen atoms in total. The number of anilines is 1. The van der Waals surface area contributed by atoms with Gasteiger partial charge < -0.3 is 5.32 Å². The van der Waals surface area contributed by atoms with Gasteiger partial charge in [-0.05, 0) is 42.0 Å². The fourth-order valence-electron chi connectivity index (χ4n) is 1.67. The van der Waals surface area contributed by atoms with E-state index in [-0.39, 0.29) is 9.92 Å². The first kappa shape index (κ1) is 14.8. The molecule has 0 unspecified atom stereocenters. The minimum absolute atomic E-state index is 0.0803. The molecule has 0 saturated heterocycles. The van der Waals surface area contributed by atoms with Crippen molar-refractivity contribution in [3.8, 4) is 0 Å². The predicted octanol–water partition coefficient (Wildman–Crippen LogP) is 3.49. The maximum absolute atomic E-state index is 13.0. The van der Waals surface area contributed by atoms with Gasteiger partial charge in [-0.25, -0.2) is 12.8 Å². The summed E-state index contributed by atoms with van der Waals surface area (Å²) in [5, 5.41) is 3.19. The van der Waals surface area contributed by atoms with Crippen LogP contribution in [0.2, 0.25) is 5.02 Å². The summed E-state index contributed by atoms with van der Waals surface area (Å²) >= 11 is 5.70. The SMILES string of the molecule is CS(=O)(=O)c1ccc(NCc2ccc(F)c(Cl)c2)cc1. The summed E-state index contributed by atoms with van der Waals surface area (Å²) in [6.07, 6.45) is 1.16. The molecule has 0 saturated carbocycles. The minimum atomic E-state index is -3.18. The van der Waals surface area contributed by atoms with E-state index in [1.807, 2.05) is 0 Å². The van der Waals surface area contributed by atoms with Gasteiger partial charge >= 0.3 is 0 Å². The number of sulfone groups is 1. The number of hydrogen-bond donors (Lipinski definition) is 1. The summed E-state index contributed by atoms with van der Waals surface area (Å²) in [5.74, 6) is -0.451. The summed E-state index contributed by atoms with van der Waals surface area (Å²) < 4.78 is 35.7. The lowest BCUT2D eigenvalue weighted by atomic mass is 10.2. The lowest BCUT2D eigenvalue weighted by molar-refractivity contribution is 0.602. The van der Waals surface area contributed by atoms with Crippen molar-refractivity contribution in [2.24, 2.45) is 0 Å². The van der Waals surface area contributed by atoms with Crippen LogP contribution in [0.4, 0.5) is 10.1 Å². The van der Waals surface area contributed by atoms with Crippen LogP contribution in [-0.4, -0.2) is 14.7 Å². The van der Waals surface area contributed by atoms with Gasteiger partial charge in [0.25, 0.3) is 0 Å². The third-order valence-corrected chi connectivity index (χ3v) is 4.18. The van der Waals surface area contributed by atoms with Gasteiger partial charge in [-0.15, -0.1) is 0 Å². The summed E-state index contributed by atoms with van der Waals surface area (Å²) in [7, 11) is -3.18. The molecule has 2 aromatic carbocycles. The van der Waals surface area contributed by atoms with Gasteiger partial charge in [-0.3, -0.25) is 0 Å². The monoisotopic (exact) mass is 313 g/mol. The second-order valence-corrected chi connectivity index (χ2v) is 6.82. The van der Waals surface area contributed by atoms with Crippen LogP contribution < -0.4 is 5.32 Å². The van der Waals surface area contributed by atoms with Crippen molar-refractivity contribution in [2.75, 3.05) is 11.6 Å². The molecule has 20 heavy (non-hydrogen) atoms. The number of rotatable bonds is 4. The van der Waals surface area contributed by atoms with Gasteiger partial charge in [-0.2, -0.15) is 0 Å². The van der Waals surface area contributed by atoms with Crippen LogP contribution in [0.15, 0.2) is 47.4 Å². The zero-order valence-corrected chi connectivity index (χ0v) is 12.3. The van der Waals surface area contributed by atoms with Gasteiger partial charge in [-0.1, -0.05) is 17.7 Å². The molecular weight excluding hydrogens is 301 g/mol. The van der Waals surface area contributed by atoms with Gasteiger partial charge in [0.2, 0.25) is 0 Å². The zero-order valence-electron chi connectivity index (χ0n) is 10.7. The fourth-order valence-corrected chi connectivity index (χ4v) is 2.51. The summed E-state index contributed by atoms with van der Waals surface area (Å²) in [6, 6.07) is 10.9. The first-order chi connectivity index (χ1) is 9.36. The zero-order chi connectivity index (χ0) is 14.8. The Morgan fingerprint density at radius 1 is 1.15 bits per heavy atom. The molecule has 0 aromatic heterocycles. The molecule has 1 N–H and O–H groups in total. The number of halogens is 2. The van der Waals surface area contributed by atoms with Crippen LogP contribution in [0, 0.1) is 5.82 Å². The highest BCUT2D eigenvalue weighted by molar-refractivity contribution is 7.90. The normalized spacial score (nSPS) is 11.3. The lowest BCUT2D eigenvalue weighted by Crippen LogP contribution is -2.01. The van der Waals surface area contributed by atoms with Crippen molar-refractivity contribution < 1.29 is 12.8 Å². The standard InChI is InChI=1S/C14H13ClFNO2S/c1-20(18,19)12-5-3-11(4-6-12)17-9-10-2-7-14(16)13(15)8-10/h2-8,17H,9H2,1H3. The van der Waals surface area contributed by atoms with E-state index < -0.39 is 15.7 Å². The molecule has 0 atom stereocenters. The Morgan fingerprint density at radius 3 is 2.35 bits per heavy atom. The van der Waals surface area contributed by atoms with Crippen molar-refractivity contribution in [1.82, 2.24) is 0 Å². The first-order valence-corrected chi connectivity index (χ1v) is 8.11. The Balaban J connectivity index is 2.06. The second kappa shape index (κ2) is 5.81. The van der Waals surface area contributed by atoms with Crippen LogP contribution in [0.5, 0.6) is 0 Å². The van der Waals surface area contributed by atoms with Crippen molar-refractivity contribution in [3.05, 3.63) is 58.9 Å². The summed E-state index contributed by atoms with van der Waals surface area (Å²) in [4.78, 5) is 0.271. The molecule has 0 fully saturated rings. The van der Waals surface area contributed by atoms with Crippen LogP contribution in [0.1, 0.15) is 5.56 Å². The third kappa shape index (κ3) is 3.71. The molecule has 0 aliphatic rings. The molecule has 6 heteroatoms. The van der Waals surface area contributed by atoms with E-state index in [1.54, 1.807) is 24.3 Å². The average molecular weight is 314 g/mol. The Morgan fingerprint density at radius 2 is 1.80 bits per heavy atom. The Labute approximate surface area is 122 Å². The van der Waals surface area contributed by atoms with Gasteiger partial charge in [0, 0.05) is 18.5 Å². The van der Waals surface area contributed by atoms with E-state index >= 15 is 0 Å². The van der Waals surface area contributed by atoms with Crippen molar-refractivity contribution in [3.63, 3.8) is 0 Å². The number of nitrogens with one attached hydrogen (secondary N) is 1. The highest BCUT2D eigenvalue weighted by Crippen LogP contribution is 2.18. The molecule has 0 amide bonds. The van der Waals surface area contributed by atoms with E-state index in [9.17, 15) is 12.8 Å². The maximum atomic E-state index is 13.0. The van der Waals surface area contributed by atoms with E-state index in [1.165, 1.54) is 18.2 Å². The Bertz CT molecular complexity index is 714. The molecule has 0 radical (unpaired) electrons. The van der Waals surface area contributed by atoms with E-state index in [4.69, 9.17) is 11.6 Å². The van der Waals surface area contributed by atoms with Gasteiger partial charge in [0.05, 0.1) is 9.92 Å². The van der Waals surface area contributed by atoms with E-state index in [2.05, 4.69) is 5.32 Å². The van der Waals surface area contributed by atoms with E-state index in [0.717, 1.165) is 17.5 Å². The van der Waals surface area contributed by atoms with Crippen molar-refractivity contribution in [2.45, 2.75) is 11.4 Å². The van der Waals surface area contributed by atoms with Crippen LogP contribution >= 0.6 is 11.6 Å². The molecule has 0 aliphatic heterocycles. The maximum Gasteiger partial charge on any atom is 0.175 e. The summed E-state index contributed by atoms with van der Waals surface area (Å²) in [5.41, 5.74) is 1.61. The molecular formula is C14H13ClFNO2S. The Hall–Kier alpha value is -1.59. The predicted molar refractivity (Wildman–Crippen MR) is 78.3 cm³/mol. The van der Waals surface area contributed by atoms with Gasteiger partial charge in [0.15, 0.2) is 9.84 Å². The highest BCUT2D eigenvalue weighted by atomic mass is 35.5. The minimum Gasteiger partial charge on any atom is -0.381 e. The molecule has 106 valence electrons. The average Bonchev–Trinajstić information content (AvgIpc) is 2.40. The van der Waals surface area contributed by atoms with Crippen LogP contribution in [-0.2, 0) is 16.4 Å². The number of benzene rings is 2. The topological polar surface area (TPSA) is 46.2 Å². The van der Waals surface area contributed by atoms with Gasteiger partial charge in [0.1, 0.15) is 5.82 Å². The summed E-state index contributed by atoms with van der Waals surface area (Å²) in [6.45, 7) is 0.470. The van der Waals surface area contributed by atoms with Crippen LogP contribution in [0.3, 0.4) is 0 Å².